The molecule has 0 aromatic heterocycles. The molecule has 2 N–H and O–H groups in total. The van der Waals surface area contributed by atoms with Gasteiger partial charge in [0.15, 0.2) is 5.60 Å². The highest BCUT2D eigenvalue weighted by Gasteiger charge is 2.42. The Balaban J connectivity index is 4.44. The van der Waals surface area contributed by atoms with Gasteiger partial charge in [-0.2, -0.15) is 0 Å². The van der Waals surface area contributed by atoms with Gasteiger partial charge < -0.3 is 19.7 Å². The van der Waals surface area contributed by atoms with E-state index in [0.29, 0.717) is 12.8 Å². The fraction of sp³-hybridized carbons (Fsp3) is 0.833. The van der Waals surface area contributed by atoms with Crippen LogP contribution in [0.5, 0.6) is 0 Å². The Labute approximate surface area is 149 Å². The first-order chi connectivity index (χ1) is 11.9. The number of hydrogen-bond donors (Lipinski definition) is 2. The van der Waals surface area contributed by atoms with Crippen LogP contribution in [-0.4, -0.2) is 46.9 Å². The van der Waals surface area contributed by atoms with E-state index < -0.39 is 36.4 Å². The van der Waals surface area contributed by atoms with E-state index in [-0.39, 0.29) is 13.2 Å². The molecule has 0 radical (unpaired) electrons. The van der Waals surface area contributed by atoms with Crippen molar-refractivity contribution >= 4 is 17.9 Å². The Morgan fingerprint density at radius 2 is 1.32 bits per heavy atom. The number of carboxylic acids is 1. The maximum atomic E-state index is 12.0. The van der Waals surface area contributed by atoms with Gasteiger partial charge in [0.25, 0.3) is 0 Å². The molecule has 7 heteroatoms. The van der Waals surface area contributed by atoms with Crippen LogP contribution >= 0.6 is 0 Å². The molecule has 0 heterocycles. The fourth-order valence-corrected chi connectivity index (χ4v) is 2.29. The summed E-state index contributed by atoms with van der Waals surface area (Å²) in [4.78, 5) is 34.8. The van der Waals surface area contributed by atoms with E-state index >= 15 is 0 Å². The van der Waals surface area contributed by atoms with Crippen molar-refractivity contribution in [1.29, 1.82) is 0 Å². The van der Waals surface area contributed by atoms with Gasteiger partial charge in [0.05, 0.1) is 26.1 Å². The zero-order valence-corrected chi connectivity index (χ0v) is 15.4. The maximum absolute atomic E-state index is 12.0. The third kappa shape index (κ3) is 11.5. The molecule has 0 spiro atoms. The van der Waals surface area contributed by atoms with Crippen molar-refractivity contribution in [3.63, 3.8) is 0 Å². The Morgan fingerprint density at radius 1 is 0.800 bits per heavy atom. The lowest BCUT2D eigenvalue weighted by molar-refractivity contribution is -0.176. The first-order valence-electron chi connectivity index (χ1n) is 9.12. The number of carbonyl (C=O) groups excluding carboxylic acids is 2. The van der Waals surface area contributed by atoms with E-state index in [1.54, 1.807) is 0 Å². The summed E-state index contributed by atoms with van der Waals surface area (Å²) in [5, 5.41) is 19.2. The van der Waals surface area contributed by atoms with Crippen LogP contribution < -0.4 is 0 Å². The van der Waals surface area contributed by atoms with Gasteiger partial charge in [-0.05, 0) is 12.8 Å². The molecule has 1 unspecified atom stereocenters. The molecule has 0 bridgehead atoms. The molecule has 0 saturated carbocycles. The number of carbonyl (C=O) groups is 3. The zero-order chi connectivity index (χ0) is 19.1. The van der Waals surface area contributed by atoms with Crippen LogP contribution in [-0.2, 0) is 23.9 Å². The van der Waals surface area contributed by atoms with E-state index in [2.05, 4.69) is 6.92 Å². The van der Waals surface area contributed by atoms with Crippen LogP contribution in [0, 0.1) is 0 Å². The first-order valence-corrected chi connectivity index (χ1v) is 9.12. The van der Waals surface area contributed by atoms with Gasteiger partial charge in [-0.25, -0.2) is 4.79 Å². The smallest absolute Gasteiger partial charge is 0.339 e. The molecule has 0 fully saturated rings. The largest absolute Gasteiger partial charge is 0.481 e. The molecule has 7 nitrogen and oxygen atoms in total. The second-order valence-corrected chi connectivity index (χ2v) is 6.26. The van der Waals surface area contributed by atoms with E-state index in [0.717, 1.165) is 38.5 Å². The number of ether oxygens (including phenoxy) is 2. The summed E-state index contributed by atoms with van der Waals surface area (Å²) in [6.45, 7) is 4.39. The normalized spacial score (nSPS) is 13.1. The molecular weight excluding hydrogens is 328 g/mol. The predicted octanol–water partition coefficient (Wildman–Crippen LogP) is 2.83. The van der Waals surface area contributed by atoms with Crippen LogP contribution in [0.2, 0.25) is 0 Å². The number of rotatable bonds is 15. The van der Waals surface area contributed by atoms with Crippen molar-refractivity contribution in [3.05, 3.63) is 0 Å². The van der Waals surface area contributed by atoms with Crippen molar-refractivity contribution in [2.45, 2.75) is 83.7 Å². The molecule has 0 saturated heterocycles. The summed E-state index contributed by atoms with van der Waals surface area (Å²) < 4.78 is 9.93. The van der Waals surface area contributed by atoms with E-state index in [4.69, 9.17) is 14.6 Å². The number of esters is 2. The van der Waals surface area contributed by atoms with Crippen LogP contribution in [0.15, 0.2) is 0 Å². The second kappa shape index (κ2) is 13.6. The van der Waals surface area contributed by atoms with Crippen molar-refractivity contribution in [1.82, 2.24) is 0 Å². The van der Waals surface area contributed by atoms with Gasteiger partial charge in [-0.1, -0.05) is 52.4 Å². The SMILES string of the molecule is CCCCCCOC(=O)CC(O)(CC(=O)O)C(=O)OCCCCCC. The van der Waals surface area contributed by atoms with Crippen LogP contribution in [0.4, 0.5) is 0 Å². The van der Waals surface area contributed by atoms with Crippen molar-refractivity contribution in [2.75, 3.05) is 13.2 Å². The number of unbranched alkanes of at least 4 members (excludes halogenated alkanes) is 6. The minimum atomic E-state index is -2.39. The van der Waals surface area contributed by atoms with Crippen LogP contribution in [0.3, 0.4) is 0 Å². The second-order valence-electron chi connectivity index (χ2n) is 6.26. The lowest BCUT2D eigenvalue weighted by atomic mass is 9.95. The molecule has 25 heavy (non-hydrogen) atoms. The molecule has 0 aromatic carbocycles. The minimum Gasteiger partial charge on any atom is -0.481 e. The van der Waals surface area contributed by atoms with E-state index in [1.807, 2.05) is 6.92 Å². The van der Waals surface area contributed by atoms with Gasteiger partial charge in [-0.15, -0.1) is 0 Å². The van der Waals surface area contributed by atoms with Gasteiger partial charge in [0.2, 0.25) is 0 Å². The highest BCUT2D eigenvalue weighted by atomic mass is 16.6. The van der Waals surface area contributed by atoms with Crippen LogP contribution in [0.25, 0.3) is 0 Å². The number of hydrogen-bond acceptors (Lipinski definition) is 6. The van der Waals surface area contributed by atoms with Crippen molar-refractivity contribution < 1.29 is 34.1 Å². The predicted molar refractivity (Wildman–Crippen MR) is 92.0 cm³/mol. The molecule has 1 atom stereocenters. The van der Waals surface area contributed by atoms with Crippen molar-refractivity contribution in [2.24, 2.45) is 0 Å². The molecular formula is C18H32O7. The summed E-state index contributed by atoms with van der Waals surface area (Å²) in [5.74, 6) is -3.28. The highest BCUT2D eigenvalue weighted by Crippen LogP contribution is 2.19. The molecule has 146 valence electrons. The van der Waals surface area contributed by atoms with Gasteiger partial charge in [0, 0.05) is 0 Å². The minimum absolute atomic E-state index is 0.0901. The summed E-state index contributed by atoms with van der Waals surface area (Å²) in [6, 6.07) is 0. The van der Waals surface area contributed by atoms with Gasteiger partial charge in [-0.3, -0.25) is 9.59 Å². The summed E-state index contributed by atoms with van der Waals surface area (Å²) in [7, 11) is 0. The number of aliphatic carboxylic acids is 1. The number of aliphatic hydroxyl groups is 1. The van der Waals surface area contributed by atoms with Crippen molar-refractivity contribution in [3.8, 4) is 0 Å². The average Bonchev–Trinajstić information content (AvgIpc) is 2.53. The summed E-state index contributed by atoms with van der Waals surface area (Å²) in [6.07, 6.45) is 5.61. The highest BCUT2D eigenvalue weighted by molar-refractivity contribution is 5.89. The molecule has 0 aliphatic carbocycles. The Kier molecular flexibility index (Phi) is 12.7. The van der Waals surface area contributed by atoms with E-state index in [9.17, 15) is 19.5 Å². The monoisotopic (exact) mass is 360 g/mol. The fourth-order valence-electron chi connectivity index (χ4n) is 2.29. The lowest BCUT2D eigenvalue weighted by Gasteiger charge is -2.23. The Hall–Kier alpha value is -1.63. The molecule has 0 amide bonds. The molecule has 0 aliphatic rings. The van der Waals surface area contributed by atoms with Crippen LogP contribution in [0.1, 0.15) is 78.1 Å². The Bertz CT molecular complexity index is 408. The third-order valence-electron chi connectivity index (χ3n) is 3.75. The Morgan fingerprint density at radius 3 is 1.80 bits per heavy atom. The summed E-state index contributed by atoms with van der Waals surface area (Å²) in [5.41, 5.74) is -2.39. The summed E-state index contributed by atoms with van der Waals surface area (Å²) >= 11 is 0. The van der Waals surface area contributed by atoms with Gasteiger partial charge in [0.1, 0.15) is 0 Å². The van der Waals surface area contributed by atoms with E-state index in [1.165, 1.54) is 0 Å². The standard InChI is InChI=1S/C18H32O7/c1-3-5-7-9-11-24-16(21)14-18(23,13-15(19)20)17(22)25-12-10-8-6-4-2/h23H,3-14H2,1-2H3,(H,19,20). The molecule has 0 aliphatic heterocycles. The topological polar surface area (TPSA) is 110 Å². The maximum Gasteiger partial charge on any atom is 0.339 e. The molecule has 0 aromatic rings. The molecule has 0 rings (SSSR count). The van der Waals surface area contributed by atoms with Gasteiger partial charge >= 0.3 is 17.9 Å². The third-order valence-corrected chi connectivity index (χ3v) is 3.75. The average molecular weight is 360 g/mol. The zero-order valence-electron chi connectivity index (χ0n) is 15.4. The first kappa shape index (κ1) is 23.4. The lowest BCUT2D eigenvalue weighted by Crippen LogP contribution is -2.44. The number of carboxylic acid groups (broad SMARTS) is 1. The quantitative estimate of drug-likeness (QED) is 0.341.